The van der Waals surface area contributed by atoms with E-state index in [4.69, 9.17) is 5.73 Å². The lowest BCUT2D eigenvalue weighted by Crippen LogP contribution is -2.35. The molecule has 2 rings (SSSR count). The first-order chi connectivity index (χ1) is 7.50. The lowest BCUT2D eigenvalue weighted by molar-refractivity contribution is 0.234. The van der Waals surface area contributed by atoms with Crippen molar-refractivity contribution in [2.75, 3.05) is 17.7 Å². The highest BCUT2D eigenvalue weighted by Crippen LogP contribution is 2.38. The number of nitrogens with zero attached hydrogens (tertiary/aromatic N) is 2. The molecule has 1 aromatic rings. The number of aromatic nitrogens is 2. The number of anilines is 2. The molecule has 0 saturated heterocycles. The highest BCUT2D eigenvalue weighted by molar-refractivity contribution is 5.46. The van der Waals surface area contributed by atoms with E-state index in [-0.39, 0.29) is 6.61 Å². The van der Waals surface area contributed by atoms with Crippen LogP contribution in [0.2, 0.25) is 0 Å². The molecular formula is C11H18N4O. The van der Waals surface area contributed by atoms with Gasteiger partial charge in [0.2, 0.25) is 0 Å². The molecule has 1 aliphatic carbocycles. The smallest absolute Gasteiger partial charge is 0.136 e. The highest BCUT2D eigenvalue weighted by atomic mass is 16.3. The quantitative estimate of drug-likeness (QED) is 0.711. The summed E-state index contributed by atoms with van der Waals surface area (Å²) in [4.78, 5) is 8.63. The molecule has 0 aromatic carbocycles. The molecule has 0 aliphatic heterocycles. The molecule has 0 atom stereocenters. The maximum absolute atomic E-state index is 9.18. The first-order valence-corrected chi connectivity index (χ1v) is 5.54. The number of nitrogens with one attached hydrogen (secondary N) is 1. The van der Waals surface area contributed by atoms with Gasteiger partial charge in [-0.05, 0) is 26.7 Å². The Hall–Kier alpha value is -1.36. The lowest BCUT2D eigenvalue weighted by atomic mass is 10.1. The zero-order valence-electron chi connectivity index (χ0n) is 9.70. The average molecular weight is 222 g/mol. The maximum Gasteiger partial charge on any atom is 0.136 e. The van der Waals surface area contributed by atoms with E-state index in [0.29, 0.717) is 17.6 Å². The van der Waals surface area contributed by atoms with E-state index >= 15 is 0 Å². The first-order valence-electron chi connectivity index (χ1n) is 5.54. The van der Waals surface area contributed by atoms with Gasteiger partial charge in [0.05, 0.1) is 12.1 Å². The van der Waals surface area contributed by atoms with Crippen LogP contribution in [0, 0.1) is 0 Å². The molecule has 4 N–H and O–H groups in total. The summed E-state index contributed by atoms with van der Waals surface area (Å²) >= 11 is 0. The maximum atomic E-state index is 9.18. The largest absolute Gasteiger partial charge is 0.394 e. The van der Waals surface area contributed by atoms with Gasteiger partial charge in [0.25, 0.3) is 0 Å². The molecule has 88 valence electrons. The molecule has 1 aliphatic rings. The second-order valence-corrected chi connectivity index (χ2v) is 4.98. The van der Waals surface area contributed by atoms with Crippen LogP contribution in [0.4, 0.5) is 11.6 Å². The summed E-state index contributed by atoms with van der Waals surface area (Å²) in [5.41, 5.74) is 5.33. The van der Waals surface area contributed by atoms with Crippen LogP contribution < -0.4 is 11.1 Å². The second kappa shape index (κ2) is 3.90. The minimum absolute atomic E-state index is 0.0374. The van der Waals surface area contributed by atoms with E-state index in [0.717, 1.165) is 18.7 Å². The summed E-state index contributed by atoms with van der Waals surface area (Å²) in [6.45, 7) is 3.85. The van der Waals surface area contributed by atoms with Gasteiger partial charge in [-0.15, -0.1) is 0 Å². The van der Waals surface area contributed by atoms with E-state index in [1.54, 1.807) is 6.07 Å². The van der Waals surface area contributed by atoms with Crippen molar-refractivity contribution in [1.29, 1.82) is 0 Å². The number of nitrogen functional groups attached to an aromatic ring is 1. The third-order valence-corrected chi connectivity index (χ3v) is 2.57. The van der Waals surface area contributed by atoms with E-state index in [1.165, 1.54) is 0 Å². The van der Waals surface area contributed by atoms with Crippen molar-refractivity contribution >= 4 is 11.6 Å². The van der Waals surface area contributed by atoms with Gasteiger partial charge in [-0.3, -0.25) is 0 Å². The zero-order valence-corrected chi connectivity index (χ0v) is 9.70. The molecule has 0 unspecified atom stereocenters. The van der Waals surface area contributed by atoms with Crippen LogP contribution in [0.3, 0.4) is 0 Å². The van der Waals surface area contributed by atoms with E-state index in [9.17, 15) is 5.11 Å². The summed E-state index contributed by atoms with van der Waals surface area (Å²) in [5, 5.41) is 12.3. The van der Waals surface area contributed by atoms with Crippen molar-refractivity contribution in [3.8, 4) is 0 Å². The molecule has 1 saturated carbocycles. The summed E-state index contributed by atoms with van der Waals surface area (Å²) in [5.74, 6) is 2.46. The normalized spacial score (nSPS) is 16.2. The number of nitrogens with two attached hydrogens (primary N) is 1. The van der Waals surface area contributed by atoms with Crippen molar-refractivity contribution < 1.29 is 5.11 Å². The number of hydrogen-bond donors (Lipinski definition) is 3. The third kappa shape index (κ3) is 2.61. The average Bonchev–Trinajstić information content (AvgIpc) is 2.99. The van der Waals surface area contributed by atoms with Crippen molar-refractivity contribution in [2.45, 2.75) is 38.1 Å². The Bertz CT molecular complexity index is 388. The molecule has 0 spiro atoms. The second-order valence-electron chi connectivity index (χ2n) is 4.98. The van der Waals surface area contributed by atoms with Gasteiger partial charge in [0, 0.05) is 12.0 Å². The van der Waals surface area contributed by atoms with E-state index in [1.807, 2.05) is 13.8 Å². The van der Waals surface area contributed by atoms with Crippen LogP contribution >= 0.6 is 0 Å². The standard InChI is InChI=1S/C11H18N4O/c1-11(2,6-16)15-9-5-8(12)13-10(14-9)7-3-4-7/h5,7,16H,3-4,6H2,1-2H3,(H3,12,13,14,15). The SMILES string of the molecule is CC(C)(CO)Nc1cc(N)nc(C2CC2)n1. The Kier molecular flexibility index (Phi) is 2.71. The predicted octanol–water partition coefficient (Wildman–Crippen LogP) is 1.12. The topological polar surface area (TPSA) is 84.1 Å². The molecular weight excluding hydrogens is 204 g/mol. The minimum atomic E-state index is -0.401. The molecule has 5 heteroatoms. The van der Waals surface area contributed by atoms with Gasteiger partial charge in [0.15, 0.2) is 0 Å². The fourth-order valence-corrected chi connectivity index (χ4v) is 1.46. The van der Waals surface area contributed by atoms with Gasteiger partial charge < -0.3 is 16.2 Å². The minimum Gasteiger partial charge on any atom is -0.394 e. The van der Waals surface area contributed by atoms with Gasteiger partial charge >= 0.3 is 0 Å². The molecule has 0 amide bonds. The Morgan fingerprint density at radius 1 is 1.50 bits per heavy atom. The van der Waals surface area contributed by atoms with E-state index in [2.05, 4.69) is 15.3 Å². The van der Waals surface area contributed by atoms with Crippen LogP contribution in [0.25, 0.3) is 0 Å². The van der Waals surface area contributed by atoms with Crippen LogP contribution in [-0.2, 0) is 0 Å². The molecule has 5 nitrogen and oxygen atoms in total. The molecule has 0 radical (unpaired) electrons. The zero-order chi connectivity index (χ0) is 11.8. The Morgan fingerprint density at radius 3 is 2.75 bits per heavy atom. The van der Waals surface area contributed by atoms with Crippen LogP contribution in [0.5, 0.6) is 0 Å². The highest BCUT2D eigenvalue weighted by Gasteiger charge is 2.27. The number of rotatable bonds is 4. The number of aliphatic hydroxyl groups excluding tert-OH is 1. The van der Waals surface area contributed by atoms with Crippen LogP contribution in [0.15, 0.2) is 6.07 Å². The van der Waals surface area contributed by atoms with Gasteiger partial charge in [-0.2, -0.15) is 0 Å². The van der Waals surface area contributed by atoms with Gasteiger partial charge in [-0.25, -0.2) is 9.97 Å². The summed E-state index contributed by atoms with van der Waals surface area (Å²) in [6.07, 6.45) is 2.29. The summed E-state index contributed by atoms with van der Waals surface area (Å²) in [7, 11) is 0. The Labute approximate surface area is 95.1 Å². The fourth-order valence-electron chi connectivity index (χ4n) is 1.46. The van der Waals surface area contributed by atoms with Gasteiger partial charge in [0.1, 0.15) is 17.5 Å². The van der Waals surface area contributed by atoms with E-state index < -0.39 is 5.54 Å². The van der Waals surface area contributed by atoms with Gasteiger partial charge in [-0.1, -0.05) is 0 Å². The third-order valence-electron chi connectivity index (χ3n) is 2.57. The molecule has 1 fully saturated rings. The first kappa shape index (κ1) is 11.1. The van der Waals surface area contributed by atoms with Crippen molar-refractivity contribution in [3.05, 3.63) is 11.9 Å². The Balaban J connectivity index is 2.20. The van der Waals surface area contributed by atoms with Crippen LogP contribution in [0.1, 0.15) is 38.4 Å². The summed E-state index contributed by atoms with van der Waals surface area (Å²) < 4.78 is 0. The monoisotopic (exact) mass is 222 g/mol. The van der Waals surface area contributed by atoms with Crippen molar-refractivity contribution in [3.63, 3.8) is 0 Å². The van der Waals surface area contributed by atoms with Crippen molar-refractivity contribution in [2.24, 2.45) is 0 Å². The fraction of sp³-hybridized carbons (Fsp3) is 0.636. The number of aliphatic hydroxyl groups is 1. The molecule has 1 aromatic heterocycles. The lowest BCUT2D eigenvalue weighted by Gasteiger charge is -2.24. The molecule has 1 heterocycles. The Morgan fingerprint density at radius 2 is 2.19 bits per heavy atom. The number of hydrogen-bond acceptors (Lipinski definition) is 5. The molecule has 0 bridgehead atoms. The summed E-state index contributed by atoms with van der Waals surface area (Å²) in [6, 6.07) is 1.70. The van der Waals surface area contributed by atoms with Crippen LogP contribution in [-0.4, -0.2) is 27.2 Å². The molecule has 16 heavy (non-hydrogen) atoms. The predicted molar refractivity (Wildman–Crippen MR) is 63.2 cm³/mol. The van der Waals surface area contributed by atoms with Crippen molar-refractivity contribution in [1.82, 2.24) is 9.97 Å².